The molecule has 0 fully saturated rings. The molecule has 0 bridgehead atoms. The molecule has 1 atom stereocenters. The maximum Gasteiger partial charge on any atom is 0.244 e. The van der Waals surface area contributed by atoms with E-state index in [1.54, 1.807) is 12.1 Å². The average molecular weight is 236 g/mol. The van der Waals surface area contributed by atoms with Crippen molar-refractivity contribution < 1.29 is 9.53 Å². The zero-order valence-electron chi connectivity index (χ0n) is 10.3. The van der Waals surface area contributed by atoms with Gasteiger partial charge in [0.25, 0.3) is 0 Å². The molecule has 0 saturated heterocycles. The summed E-state index contributed by atoms with van der Waals surface area (Å²) in [5, 5.41) is 0. The smallest absolute Gasteiger partial charge is 0.244 e. The fourth-order valence-corrected chi connectivity index (χ4v) is 1.49. The van der Waals surface area contributed by atoms with Gasteiger partial charge in [0.05, 0.1) is 6.61 Å². The Labute approximate surface area is 102 Å². The van der Waals surface area contributed by atoms with E-state index in [9.17, 15) is 4.79 Å². The molecule has 1 rings (SSSR count). The number of ether oxygens (including phenoxy) is 1. The first-order valence-corrected chi connectivity index (χ1v) is 5.69. The second-order valence-electron chi connectivity index (χ2n) is 4.61. The van der Waals surface area contributed by atoms with E-state index in [0.29, 0.717) is 18.1 Å². The summed E-state index contributed by atoms with van der Waals surface area (Å²) in [6, 6.07) is 9.07. The van der Waals surface area contributed by atoms with E-state index in [2.05, 4.69) is 0 Å². The summed E-state index contributed by atoms with van der Waals surface area (Å²) in [7, 11) is 0. The zero-order valence-corrected chi connectivity index (χ0v) is 10.3. The molecule has 0 saturated carbocycles. The van der Waals surface area contributed by atoms with Gasteiger partial charge >= 0.3 is 0 Å². The Morgan fingerprint density at radius 1 is 1.35 bits per heavy atom. The molecule has 0 spiro atoms. The van der Waals surface area contributed by atoms with Crippen LogP contribution < -0.4 is 11.5 Å². The summed E-state index contributed by atoms with van der Waals surface area (Å²) in [6.45, 7) is 4.72. The topological polar surface area (TPSA) is 78.3 Å². The van der Waals surface area contributed by atoms with Gasteiger partial charge in [-0.2, -0.15) is 0 Å². The van der Waals surface area contributed by atoms with Crippen LogP contribution in [0.3, 0.4) is 0 Å². The van der Waals surface area contributed by atoms with E-state index in [-0.39, 0.29) is 6.61 Å². The number of primary amides is 1. The third-order valence-corrected chi connectivity index (χ3v) is 2.51. The zero-order chi connectivity index (χ0) is 12.9. The second-order valence-corrected chi connectivity index (χ2v) is 4.61. The Balaban J connectivity index is 2.80. The van der Waals surface area contributed by atoms with Crippen molar-refractivity contribution in [3.8, 4) is 0 Å². The predicted octanol–water partition coefficient (Wildman–Crippen LogP) is 0.999. The van der Waals surface area contributed by atoms with Crippen LogP contribution in [-0.4, -0.2) is 19.1 Å². The van der Waals surface area contributed by atoms with Gasteiger partial charge in [0.15, 0.2) is 0 Å². The van der Waals surface area contributed by atoms with Crippen molar-refractivity contribution in [3.63, 3.8) is 0 Å². The van der Waals surface area contributed by atoms with Crippen LogP contribution in [0.5, 0.6) is 0 Å². The average Bonchev–Trinajstić information content (AvgIpc) is 2.29. The first-order valence-electron chi connectivity index (χ1n) is 5.69. The Bertz CT molecular complexity index is 365. The fraction of sp³-hybridized carbons (Fsp3) is 0.462. The van der Waals surface area contributed by atoms with E-state index in [0.717, 1.165) is 0 Å². The molecule has 0 aliphatic heterocycles. The highest BCUT2D eigenvalue weighted by atomic mass is 16.5. The van der Waals surface area contributed by atoms with Crippen molar-refractivity contribution in [1.29, 1.82) is 0 Å². The number of hydrogen-bond acceptors (Lipinski definition) is 3. The van der Waals surface area contributed by atoms with Gasteiger partial charge in [-0.1, -0.05) is 44.2 Å². The molecule has 0 radical (unpaired) electrons. The number of benzene rings is 1. The highest BCUT2D eigenvalue weighted by Crippen LogP contribution is 2.18. The van der Waals surface area contributed by atoms with Gasteiger partial charge in [-0.3, -0.25) is 4.79 Å². The van der Waals surface area contributed by atoms with Crippen LogP contribution in [0.15, 0.2) is 30.3 Å². The lowest BCUT2D eigenvalue weighted by Crippen LogP contribution is -2.52. The summed E-state index contributed by atoms with van der Waals surface area (Å²) in [6.07, 6.45) is 0. The van der Waals surface area contributed by atoms with Crippen LogP contribution in [0.4, 0.5) is 0 Å². The molecule has 1 unspecified atom stereocenters. The monoisotopic (exact) mass is 236 g/mol. The molecule has 4 nitrogen and oxygen atoms in total. The van der Waals surface area contributed by atoms with E-state index in [4.69, 9.17) is 16.2 Å². The number of hydrogen-bond donors (Lipinski definition) is 2. The molecule has 0 aliphatic rings. The Hall–Kier alpha value is -1.39. The lowest BCUT2D eigenvalue weighted by atomic mass is 9.91. The molecule has 4 N–H and O–H groups in total. The normalized spacial score (nSPS) is 14.6. The first-order chi connectivity index (χ1) is 7.97. The number of carbonyl (C=O) groups excluding carboxylic acids is 1. The standard InChI is InChI=1S/C13H20N2O2/c1-10(2)8-17-9-13(15,12(14)16)11-6-4-3-5-7-11/h3-7,10H,8-9,15H2,1-2H3,(H2,14,16). The minimum absolute atomic E-state index is 0.102. The molecule has 4 heteroatoms. The van der Waals surface area contributed by atoms with E-state index >= 15 is 0 Å². The molecule has 1 aromatic carbocycles. The third-order valence-electron chi connectivity index (χ3n) is 2.51. The molecular weight excluding hydrogens is 216 g/mol. The van der Waals surface area contributed by atoms with Crippen LogP contribution in [-0.2, 0) is 15.1 Å². The molecular formula is C13H20N2O2. The summed E-state index contributed by atoms with van der Waals surface area (Å²) in [5.41, 5.74) is 10.8. The van der Waals surface area contributed by atoms with Gasteiger partial charge in [0.1, 0.15) is 5.54 Å². The largest absolute Gasteiger partial charge is 0.378 e. The van der Waals surface area contributed by atoms with Crippen LogP contribution >= 0.6 is 0 Å². The maximum absolute atomic E-state index is 11.5. The summed E-state index contributed by atoms with van der Waals surface area (Å²) < 4.78 is 5.45. The number of rotatable bonds is 6. The van der Waals surface area contributed by atoms with Crippen molar-refractivity contribution >= 4 is 5.91 Å². The molecule has 0 heterocycles. The number of carbonyl (C=O) groups is 1. The van der Waals surface area contributed by atoms with E-state index in [1.165, 1.54) is 0 Å². The van der Waals surface area contributed by atoms with Crippen molar-refractivity contribution in [1.82, 2.24) is 0 Å². The van der Waals surface area contributed by atoms with E-state index in [1.807, 2.05) is 32.0 Å². The van der Waals surface area contributed by atoms with Crippen molar-refractivity contribution in [3.05, 3.63) is 35.9 Å². The molecule has 1 aromatic rings. The SMILES string of the molecule is CC(C)COCC(N)(C(N)=O)c1ccccc1. The van der Waals surface area contributed by atoms with Crippen molar-refractivity contribution in [2.45, 2.75) is 19.4 Å². The Kier molecular flexibility index (Phi) is 4.66. The lowest BCUT2D eigenvalue weighted by molar-refractivity contribution is -0.126. The van der Waals surface area contributed by atoms with Gasteiger partial charge in [-0.15, -0.1) is 0 Å². The maximum atomic E-state index is 11.5. The van der Waals surface area contributed by atoms with Gasteiger partial charge < -0.3 is 16.2 Å². The lowest BCUT2D eigenvalue weighted by Gasteiger charge is -2.26. The highest BCUT2D eigenvalue weighted by molar-refractivity contribution is 5.86. The van der Waals surface area contributed by atoms with Crippen molar-refractivity contribution in [2.75, 3.05) is 13.2 Å². The molecule has 1 amide bonds. The number of nitrogens with two attached hydrogens (primary N) is 2. The van der Waals surface area contributed by atoms with Crippen LogP contribution in [0.2, 0.25) is 0 Å². The second kappa shape index (κ2) is 5.80. The minimum atomic E-state index is -1.25. The molecule has 0 aliphatic carbocycles. The molecule has 17 heavy (non-hydrogen) atoms. The number of amides is 1. The minimum Gasteiger partial charge on any atom is -0.378 e. The fourth-order valence-electron chi connectivity index (χ4n) is 1.49. The van der Waals surface area contributed by atoms with Crippen LogP contribution in [0.25, 0.3) is 0 Å². The van der Waals surface area contributed by atoms with E-state index < -0.39 is 11.4 Å². The van der Waals surface area contributed by atoms with Gasteiger partial charge in [0.2, 0.25) is 5.91 Å². The van der Waals surface area contributed by atoms with Gasteiger partial charge in [-0.25, -0.2) is 0 Å². The Morgan fingerprint density at radius 3 is 2.41 bits per heavy atom. The molecule has 0 aromatic heterocycles. The van der Waals surface area contributed by atoms with Crippen LogP contribution in [0, 0.1) is 5.92 Å². The van der Waals surface area contributed by atoms with Gasteiger partial charge in [-0.05, 0) is 11.5 Å². The first kappa shape index (κ1) is 13.7. The highest BCUT2D eigenvalue weighted by Gasteiger charge is 2.34. The third kappa shape index (κ3) is 3.54. The predicted molar refractivity (Wildman–Crippen MR) is 67.2 cm³/mol. The van der Waals surface area contributed by atoms with Gasteiger partial charge in [0, 0.05) is 6.61 Å². The molecule has 94 valence electrons. The Morgan fingerprint density at radius 2 is 1.94 bits per heavy atom. The summed E-state index contributed by atoms with van der Waals surface area (Å²) in [5.74, 6) is -0.185. The summed E-state index contributed by atoms with van der Waals surface area (Å²) >= 11 is 0. The summed E-state index contributed by atoms with van der Waals surface area (Å²) in [4.78, 5) is 11.5. The van der Waals surface area contributed by atoms with Crippen LogP contribution in [0.1, 0.15) is 19.4 Å². The quantitative estimate of drug-likeness (QED) is 0.773. The van der Waals surface area contributed by atoms with Crippen molar-refractivity contribution in [2.24, 2.45) is 17.4 Å².